The Morgan fingerprint density at radius 1 is 0.463 bits per heavy atom. The molecular formula is C50H34N2OS. The number of furan rings is 1. The molecule has 0 aliphatic carbocycles. The van der Waals surface area contributed by atoms with Gasteiger partial charge in [-0.2, -0.15) is 0 Å². The summed E-state index contributed by atoms with van der Waals surface area (Å²) < 4.78 is 8.72. The maximum absolute atomic E-state index is 6.70. The molecule has 8 aromatic carbocycles. The van der Waals surface area contributed by atoms with Gasteiger partial charge in [-0.1, -0.05) is 146 Å². The summed E-state index contributed by atoms with van der Waals surface area (Å²) in [7, 11) is 0. The summed E-state index contributed by atoms with van der Waals surface area (Å²) in [6.07, 6.45) is 0. The first-order valence-electron chi connectivity index (χ1n) is 18.2. The van der Waals surface area contributed by atoms with Gasteiger partial charge in [0.1, 0.15) is 23.0 Å². The molecule has 0 fully saturated rings. The molecule has 0 aliphatic heterocycles. The Kier molecular flexibility index (Phi) is 7.89. The molecule has 1 atom stereocenters. The number of hydrogen-bond donors (Lipinski definition) is 1. The Morgan fingerprint density at radius 2 is 1.11 bits per heavy atom. The first-order chi connectivity index (χ1) is 26.7. The third-order valence-electron chi connectivity index (χ3n) is 10.4. The highest BCUT2D eigenvalue weighted by molar-refractivity contribution is 7.26. The van der Waals surface area contributed by atoms with E-state index in [9.17, 15) is 0 Å². The third kappa shape index (κ3) is 5.74. The van der Waals surface area contributed by atoms with E-state index in [4.69, 9.17) is 15.1 Å². The van der Waals surface area contributed by atoms with E-state index in [0.29, 0.717) is 5.84 Å². The van der Waals surface area contributed by atoms with Crippen LogP contribution in [-0.4, -0.2) is 5.84 Å². The second-order valence-electron chi connectivity index (χ2n) is 13.7. The summed E-state index contributed by atoms with van der Waals surface area (Å²) in [4.78, 5) is 5.17. The molecule has 0 spiro atoms. The fourth-order valence-corrected chi connectivity index (χ4v) is 8.79. The van der Waals surface area contributed by atoms with Crippen LogP contribution in [0.15, 0.2) is 197 Å². The molecule has 0 saturated heterocycles. The Bertz CT molecular complexity index is 2990. The zero-order valence-corrected chi connectivity index (χ0v) is 30.1. The standard InChI is InChI=1S/C50H34N2OS/c51-50(35-13-5-2-6-14-35)52-49(39-25-27-45-42(31-39)41-17-7-8-19-44(41)53-45)34-23-21-33(22-24-34)40-18-10-20-47-48(40)43-30-38(26-28-46(43)54-47)37-16-9-15-36(29-37)32-11-3-1-4-12-32/h1-31,49H,(H2,51,52). The van der Waals surface area contributed by atoms with Crippen molar-refractivity contribution in [1.29, 1.82) is 0 Å². The number of hydrogen-bond acceptors (Lipinski definition) is 3. The minimum Gasteiger partial charge on any atom is -0.456 e. The van der Waals surface area contributed by atoms with Gasteiger partial charge in [0, 0.05) is 36.5 Å². The summed E-state index contributed by atoms with van der Waals surface area (Å²) in [5.74, 6) is 0.501. The monoisotopic (exact) mass is 710 g/mol. The van der Waals surface area contributed by atoms with Gasteiger partial charge in [-0.15, -0.1) is 11.3 Å². The molecule has 0 amide bonds. The number of amidine groups is 1. The Hall–Kier alpha value is -6.75. The van der Waals surface area contributed by atoms with E-state index in [-0.39, 0.29) is 6.04 Å². The zero-order chi connectivity index (χ0) is 36.0. The van der Waals surface area contributed by atoms with Gasteiger partial charge in [-0.3, -0.25) is 4.99 Å². The largest absolute Gasteiger partial charge is 0.456 e. The predicted octanol–water partition coefficient (Wildman–Crippen LogP) is 13.4. The molecule has 0 radical (unpaired) electrons. The second-order valence-corrected chi connectivity index (χ2v) is 14.8. The van der Waals surface area contributed by atoms with Crippen molar-refractivity contribution in [1.82, 2.24) is 0 Å². The lowest BCUT2D eigenvalue weighted by atomic mass is 9.93. The van der Waals surface area contributed by atoms with E-state index in [2.05, 4.69) is 140 Å². The first kappa shape index (κ1) is 31.9. The quantitative estimate of drug-likeness (QED) is 0.132. The van der Waals surface area contributed by atoms with Crippen LogP contribution >= 0.6 is 11.3 Å². The molecule has 1 unspecified atom stereocenters. The van der Waals surface area contributed by atoms with Gasteiger partial charge >= 0.3 is 0 Å². The van der Waals surface area contributed by atoms with E-state index in [1.165, 1.54) is 48.0 Å². The Labute approximate surface area is 317 Å². The van der Waals surface area contributed by atoms with Crippen molar-refractivity contribution in [2.24, 2.45) is 10.7 Å². The van der Waals surface area contributed by atoms with Crippen molar-refractivity contribution in [3.63, 3.8) is 0 Å². The van der Waals surface area contributed by atoms with Gasteiger partial charge in [0.05, 0.1) is 0 Å². The zero-order valence-electron chi connectivity index (χ0n) is 29.3. The second kappa shape index (κ2) is 13.3. The number of rotatable bonds is 7. The van der Waals surface area contributed by atoms with Crippen LogP contribution in [0.3, 0.4) is 0 Å². The Balaban J connectivity index is 1.06. The molecule has 10 aromatic rings. The molecular weight excluding hydrogens is 677 g/mol. The number of fused-ring (bicyclic) bond motifs is 6. The predicted molar refractivity (Wildman–Crippen MR) is 228 cm³/mol. The maximum atomic E-state index is 6.70. The van der Waals surface area contributed by atoms with E-state index >= 15 is 0 Å². The number of nitrogens with zero attached hydrogens (tertiary/aromatic N) is 1. The van der Waals surface area contributed by atoms with Crippen LogP contribution in [0.2, 0.25) is 0 Å². The number of nitrogens with two attached hydrogens (primary N) is 1. The molecule has 2 aromatic heterocycles. The number of benzene rings is 8. The topological polar surface area (TPSA) is 51.5 Å². The lowest BCUT2D eigenvalue weighted by Gasteiger charge is -2.16. The normalized spacial score (nSPS) is 12.6. The average molecular weight is 711 g/mol. The molecule has 0 aliphatic rings. The number of aliphatic imine (C=N–C) groups is 1. The lowest BCUT2D eigenvalue weighted by Crippen LogP contribution is -2.15. The summed E-state index contributed by atoms with van der Waals surface area (Å²) in [6.45, 7) is 0. The highest BCUT2D eigenvalue weighted by Crippen LogP contribution is 2.42. The highest BCUT2D eigenvalue weighted by Gasteiger charge is 2.19. The van der Waals surface area contributed by atoms with Crippen LogP contribution in [0.1, 0.15) is 22.7 Å². The van der Waals surface area contributed by atoms with Crippen LogP contribution in [0, 0.1) is 0 Å². The number of thiophene rings is 1. The van der Waals surface area contributed by atoms with Crippen LogP contribution in [-0.2, 0) is 0 Å². The van der Waals surface area contributed by atoms with Crippen molar-refractivity contribution in [2.45, 2.75) is 6.04 Å². The fourth-order valence-electron chi connectivity index (χ4n) is 7.68. The smallest absolute Gasteiger partial charge is 0.135 e. The maximum Gasteiger partial charge on any atom is 0.135 e. The highest BCUT2D eigenvalue weighted by atomic mass is 32.1. The van der Waals surface area contributed by atoms with Gasteiger partial charge < -0.3 is 10.2 Å². The summed E-state index contributed by atoms with van der Waals surface area (Å²) in [6, 6.07) is 66.0. The Morgan fingerprint density at radius 3 is 1.94 bits per heavy atom. The van der Waals surface area contributed by atoms with Gasteiger partial charge in [-0.25, -0.2) is 0 Å². The average Bonchev–Trinajstić information content (AvgIpc) is 3.81. The van der Waals surface area contributed by atoms with Crippen LogP contribution in [0.25, 0.3) is 75.5 Å². The van der Waals surface area contributed by atoms with Crippen LogP contribution in [0.5, 0.6) is 0 Å². The molecule has 2 N–H and O–H groups in total. The SMILES string of the molecule is NC(=NC(c1ccc(-c2cccc3sc4ccc(-c5cccc(-c6ccccc6)c5)cc4c23)cc1)c1ccc2oc3ccccc3c2c1)c1ccccc1. The van der Waals surface area contributed by atoms with Gasteiger partial charge in [0.15, 0.2) is 0 Å². The van der Waals surface area contributed by atoms with Crippen LogP contribution < -0.4 is 5.73 Å². The molecule has 10 rings (SSSR count). The van der Waals surface area contributed by atoms with Crippen molar-refractivity contribution < 1.29 is 4.42 Å². The lowest BCUT2D eigenvalue weighted by molar-refractivity contribution is 0.668. The molecule has 2 heterocycles. The van der Waals surface area contributed by atoms with E-state index in [1.807, 2.05) is 59.9 Å². The molecule has 0 saturated carbocycles. The third-order valence-corrected chi connectivity index (χ3v) is 11.5. The van der Waals surface area contributed by atoms with E-state index < -0.39 is 0 Å². The molecule has 3 nitrogen and oxygen atoms in total. The van der Waals surface area contributed by atoms with Crippen molar-refractivity contribution in [3.05, 3.63) is 205 Å². The minimum absolute atomic E-state index is 0.315. The van der Waals surface area contributed by atoms with Crippen molar-refractivity contribution in [2.75, 3.05) is 0 Å². The van der Waals surface area contributed by atoms with E-state index in [0.717, 1.165) is 44.2 Å². The number of para-hydroxylation sites is 1. The molecule has 4 heteroatoms. The molecule has 0 bridgehead atoms. The minimum atomic E-state index is -0.315. The summed E-state index contributed by atoms with van der Waals surface area (Å²) in [5, 5.41) is 4.72. The molecule has 54 heavy (non-hydrogen) atoms. The van der Waals surface area contributed by atoms with Crippen molar-refractivity contribution >= 4 is 59.3 Å². The van der Waals surface area contributed by atoms with Crippen LogP contribution in [0.4, 0.5) is 0 Å². The molecule has 256 valence electrons. The summed E-state index contributed by atoms with van der Waals surface area (Å²) in [5.41, 5.74) is 18.7. The van der Waals surface area contributed by atoms with E-state index in [1.54, 1.807) is 0 Å². The summed E-state index contributed by atoms with van der Waals surface area (Å²) >= 11 is 1.85. The van der Waals surface area contributed by atoms with Gasteiger partial charge in [0.2, 0.25) is 0 Å². The first-order valence-corrected chi connectivity index (χ1v) is 19.0. The van der Waals surface area contributed by atoms with Crippen molar-refractivity contribution in [3.8, 4) is 33.4 Å². The fraction of sp³-hybridized carbons (Fsp3) is 0.0200. The van der Waals surface area contributed by atoms with Gasteiger partial charge in [0.25, 0.3) is 0 Å². The van der Waals surface area contributed by atoms with Gasteiger partial charge in [-0.05, 0) is 87.0 Å².